The van der Waals surface area contributed by atoms with Crippen molar-refractivity contribution in [3.8, 4) is 0 Å². The molecule has 0 aliphatic rings. The van der Waals surface area contributed by atoms with Crippen molar-refractivity contribution in [1.82, 2.24) is 0 Å². The van der Waals surface area contributed by atoms with Crippen LogP contribution in [0.25, 0.3) is 0 Å². The first-order chi connectivity index (χ1) is 19.4. The molecule has 0 aliphatic carbocycles. The summed E-state index contributed by atoms with van der Waals surface area (Å²) in [6.45, 7) is 4.62. The summed E-state index contributed by atoms with van der Waals surface area (Å²) in [5.74, 6) is 0. The first-order valence-electron chi connectivity index (χ1n) is 19.0. The molecular formula is C38H78P. The van der Waals surface area contributed by atoms with Crippen molar-refractivity contribution >= 4 is 8.58 Å². The highest BCUT2D eigenvalue weighted by molar-refractivity contribution is 7.37. The van der Waals surface area contributed by atoms with Crippen LogP contribution < -0.4 is 0 Å². The zero-order chi connectivity index (χ0) is 28.2. The molecule has 0 N–H and O–H groups in total. The van der Waals surface area contributed by atoms with Crippen molar-refractivity contribution in [3.63, 3.8) is 0 Å². The third kappa shape index (κ3) is 38.4. The van der Waals surface area contributed by atoms with Crippen LogP contribution in [0, 0.1) is 0 Å². The molecule has 0 heterocycles. The van der Waals surface area contributed by atoms with Gasteiger partial charge in [0.05, 0.1) is 0 Å². The van der Waals surface area contributed by atoms with Crippen LogP contribution in [0.5, 0.6) is 0 Å². The van der Waals surface area contributed by atoms with Gasteiger partial charge < -0.3 is 0 Å². The van der Waals surface area contributed by atoms with E-state index in [0.29, 0.717) is 0 Å². The van der Waals surface area contributed by atoms with Gasteiger partial charge in [-0.05, 0) is 25.2 Å². The maximum atomic E-state index is 2.31. The van der Waals surface area contributed by atoms with Crippen LogP contribution >= 0.6 is 8.58 Å². The Morgan fingerprint density at radius 1 is 0.205 bits per heavy atom. The zero-order valence-electron chi connectivity index (χ0n) is 27.9. The fourth-order valence-corrected chi connectivity index (χ4v) is 7.13. The van der Waals surface area contributed by atoms with E-state index in [0.717, 1.165) is 0 Å². The highest BCUT2D eigenvalue weighted by Crippen LogP contribution is 2.19. The largest absolute Gasteiger partial charge is 0.0810 e. The highest BCUT2D eigenvalue weighted by Gasteiger charge is 1.97. The average Bonchev–Trinajstić information content (AvgIpc) is 2.95. The van der Waals surface area contributed by atoms with Crippen molar-refractivity contribution < 1.29 is 0 Å². The lowest BCUT2D eigenvalue weighted by atomic mass is 10.0. The summed E-state index contributed by atoms with van der Waals surface area (Å²) < 4.78 is 0. The van der Waals surface area contributed by atoms with Gasteiger partial charge in [-0.25, -0.2) is 0 Å². The topological polar surface area (TPSA) is 0 Å². The predicted molar refractivity (Wildman–Crippen MR) is 185 cm³/mol. The van der Waals surface area contributed by atoms with Crippen LogP contribution in [0.1, 0.15) is 232 Å². The third-order valence-corrected chi connectivity index (χ3v) is 10.1. The summed E-state index contributed by atoms with van der Waals surface area (Å²) in [4.78, 5) is 0. The highest BCUT2D eigenvalue weighted by atomic mass is 31.1. The van der Waals surface area contributed by atoms with Crippen LogP contribution in [0.15, 0.2) is 0 Å². The molecule has 0 unspecified atom stereocenters. The Labute approximate surface area is 252 Å². The summed E-state index contributed by atoms with van der Waals surface area (Å²) >= 11 is 0. The Bertz CT molecular complexity index is 356. The van der Waals surface area contributed by atoms with E-state index < -0.39 is 0 Å². The maximum Gasteiger partial charge on any atom is -0.0287 e. The molecule has 0 aromatic rings. The van der Waals surface area contributed by atoms with Gasteiger partial charge in [-0.15, -0.1) is 0 Å². The molecular weight excluding hydrogens is 487 g/mol. The normalized spacial score (nSPS) is 11.5. The molecule has 1 heteroatoms. The quantitative estimate of drug-likeness (QED) is 0.0523. The van der Waals surface area contributed by atoms with E-state index in [9.17, 15) is 0 Å². The van der Waals surface area contributed by atoms with Crippen molar-refractivity contribution in [3.05, 3.63) is 0 Å². The van der Waals surface area contributed by atoms with Crippen molar-refractivity contribution in [2.24, 2.45) is 0 Å². The summed E-state index contributed by atoms with van der Waals surface area (Å²) in [5, 5.41) is 0. The standard InChI is InChI=1S/C38H78P/c1-3-5-7-9-11-13-15-17-19-21-23-25-27-29-31-33-35-37-39-38-36-34-32-30-28-26-24-22-20-18-16-14-12-10-8-6-4-2/h3-38H2,1-2H3. The summed E-state index contributed by atoms with van der Waals surface area (Å²) in [5.41, 5.74) is 0. The number of hydrogen-bond donors (Lipinski definition) is 0. The van der Waals surface area contributed by atoms with Crippen molar-refractivity contribution in [2.75, 3.05) is 12.3 Å². The number of hydrogen-bond acceptors (Lipinski definition) is 0. The lowest BCUT2D eigenvalue weighted by molar-refractivity contribution is 0.528. The Morgan fingerprint density at radius 3 is 0.538 bits per heavy atom. The van der Waals surface area contributed by atoms with E-state index in [4.69, 9.17) is 0 Å². The number of rotatable bonds is 36. The van der Waals surface area contributed by atoms with Gasteiger partial charge in [0, 0.05) is 0 Å². The SMILES string of the molecule is CCCCCCCCCCCCCCCCCCC[P]CCCCCCCCCCCCCCCCCCC. The van der Waals surface area contributed by atoms with Crippen LogP contribution in [0.4, 0.5) is 0 Å². The first kappa shape index (κ1) is 39.4. The van der Waals surface area contributed by atoms with Gasteiger partial charge in [0.1, 0.15) is 0 Å². The third-order valence-electron chi connectivity index (χ3n) is 8.84. The minimum Gasteiger partial charge on any atom is -0.0810 e. The van der Waals surface area contributed by atoms with Gasteiger partial charge in [-0.1, -0.05) is 228 Å². The minimum absolute atomic E-state index is 1.37. The second-order valence-electron chi connectivity index (χ2n) is 13.0. The Balaban J connectivity index is 3.01. The van der Waals surface area contributed by atoms with Gasteiger partial charge in [-0.3, -0.25) is 0 Å². The fraction of sp³-hybridized carbons (Fsp3) is 1.00. The number of unbranched alkanes of at least 4 members (excludes halogenated alkanes) is 32. The van der Waals surface area contributed by atoms with E-state index in [1.54, 1.807) is 8.58 Å². The molecule has 0 saturated heterocycles. The molecule has 0 bridgehead atoms. The molecule has 0 aliphatic heterocycles. The molecule has 235 valence electrons. The summed E-state index contributed by atoms with van der Waals surface area (Å²) in [6.07, 6.45) is 53.3. The van der Waals surface area contributed by atoms with Crippen LogP contribution in [0.2, 0.25) is 0 Å². The van der Waals surface area contributed by atoms with Gasteiger partial charge in [-0.2, -0.15) is 0 Å². The fourth-order valence-electron chi connectivity index (χ4n) is 6.01. The molecule has 0 spiro atoms. The monoisotopic (exact) mass is 566 g/mol. The second kappa shape index (κ2) is 38.4. The van der Waals surface area contributed by atoms with Gasteiger partial charge in [0.25, 0.3) is 0 Å². The molecule has 0 aromatic heterocycles. The minimum atomic E-state index is 1.37. The lowest BCUT2D eigenvalue weighted by Crippen LogP contribution is -1.86. The van der Waals surface area contributed by atoms with Gasteiger partial charge in [0.2, 0.25) is 0 Å². The van der Waals surface area contributed by atoms with Crippen molar-refractivity contribution in [2.45, 2.75) is 232 Å². The van der Waals surface area contributed by atoms with Crippen molar-refractivity contribution in [1.29, 1.82) is 0 Å². The van der Waals surface area contributed by atoms with E-state index >= 15 is 0 Å². The molecule has 1 radical (unpaired) electrons. The summed E-state index contributed by atoms with van der Waals surface area (Å²) in [7, 11) is 1.74. The molecule has 0 fully saturated rings. The van der Waals surface area contributed by atoms with E-state index in [-0.39, 0.29) is 0 Å². The predicted octanol–water partition coefficient (Wildman–Crippen LogP) is 15.2. The molecule has 0 saturated carbocycles. The molecule has 0 aromatic carbocycles. The molecule has 0 nitrogen and oxygen atoms in total. The maximum absolute atomic E-state index is 2.31. The summed E-state index contributed by atoms with van der Waals surface area (Å²) in [6, 6.07) is 0. The van der Waals surface area contributed by atoms with E-state index in [1.165, 1.54) is 231 Å². The van der Waals surface area contributed by atoms with E-state index in [2.05, 4.69) is 13.8 Å². The average molecular weight is 566 g/mol. The first-order valence-corrected chi connectivity index (χ1v) is 20.3. The molecule has 39 heavy (non-hydrogen) atoms. The molecule has 0 atom stereocenters. The molecule has 0 rings (SSSR count). The zero-order valence-corrected chi connectivity index (χ0v) is 28.8. The van der Waals surface area contributed by atoms with Crippen LogP contribution in [0.3, 0.4) is 0 Å². The molecule has 0 amide bonds. The second-order valence-corrected chi connectivity index (χ2v) is 14.3. The Morgan fingerprint density at radius 2 is 0.359 bits per heavy atom. The Kier molecular flexibility index (Phi) is 38.9. The van der Waals surface area contributed by atoms with Crippen LogP contribution in [-0.2, 0) is 0 Å². The van der Waals surface area contributed by atoms with Gasteiger partial charge in [0.15, 0.2) is 0 Å². The van der Waals surface area contributed by atoms with Crippen LogP contribution in [-0.4, -0.2) is 12.3 Å². The van der Waals surface area contributed by atoms with E-state index in [1.807, 2.05) is 0 Å². The smallest absolute Gasteiger partial charge is 0.0287 e. The Hall–Kier alpha value is 0.430. The lowest BCUT2D eigenvalue weighted by Gasteiger charge is -2.04. The van der Waals surface area contributed by atoms with Gasteiger partial charge >= 0.3 is 0 Å².